The van der Waals surface area contributed by atoms with Crippen LogP contribution in [0.2, 0.25) is 0 Å². The lowest BCUT2D eigenvalue weighted by molar-refractivity contribution is -0.174. The maximum atomic E-state index is 12.0. The summed E-state index contributed by atoms with van der Waals surface area (Å²) in [6.07, 6.45) is 2.84. The molecule has 2 bridgehead atoms. The molecule has 0 aliphatic heterocycles. The van der Waals surface area contributed by atoms with Crippen LogP contribution in [-0.2, 0) is 19.1 Å². The third-order valence-corrected chi connectivity index (χ3v) is 4.32. The van der Waals surface area contributed by atoms with Crippen LogP contribution in [0.5, 0.6) is 0 Å². The highest BCUT2D eigenvalue weighted by Crippen LogP contribution is 2.56. The molecule has 3 fully saturated rings. The minimum Gasteiger partial charge on any atom is -0.469 e. The smallest absolute Gasteiger partial charge is 0.313 e. The largest absolute Gasteiger partial charge is 0.469 e. The van der Waals surface area contributed by atoms with Crippen LogP contribution in [0.15, 0.2) is 12.2 Å². The Balaban J connectivity index is 2.36. The number of ether oxygens (including phenoxy) is 2. The zero-order valence-electron chi connectivity index (χ0n) is 10.3. The van der Waals surface area contributed by atoms with Gasteiger partial charge < -0.3 is 9.47 Å². The topological polar surface area (TPSA) is 52.6 Å². The lowest BCUT2D eigenvalue weighted by Crippen LogP contribution is -2.52. The number of allylic oxidation sites excluding steroid dienone is 1. The molecule has 3 aliphatic carbocycles. The van der Waals surface area contributed by atoms with Gasteiger partial charge >= 0.3 is 11.9 Å². The minimum absolute atomic E-state index is 0.299. The molecule has 4 heteroatoms. The first kappa shape index (κ1) is 12.1. The van der Waals surface area contributed by atoms with Crippen LogP contribution in [0, 0.1) is 17.3 Å². The molecule has 0 N–H and O–H groups in total. The third-order valence-electron chi connectivity index (χ3n) is 4.32. The number of hydrogen-bond donors (Lipinski definition) is 0. The van der Waals surface area contributed by atoms with Gasteiger partial charge in [0.1, 0.15) is 0 Å². The summed E-state index contributed by atoms with van der Waals surface area (Å²) in [5, 5.41) is 0. The summed E-state index contributed by atoms with van der Waals surface area (Å²) >= 11 is 0. The van der Waals surface area contributed by atoms with Gasteiger partial charge in [-0.1, -0.05) is 12.2 Å². The van der Waals surface area contributed by atoms with E-state index in [2.05, 4.69) is 6.58 Å². The van der Waals surface area contributed by atoms with E-state index in [4.69, 9.17) is 9.47 Å². The van der Waals surface area contributed by atoms with Gasteiger partial charge in [0.05, 0.1) is 25.6 Å². The predicted octanol–water partition coefficient (Wildman–Crippen LogP) is 1.70. The monoisotopic (exact) mass is 238 g/mol. The SMILES string of the molecule is C=C1C[C@]2(C(=O)OC)CC[C@H]1C[C@H]2C(=O)OC. The van der Waals surface area contributed by atoms with Crippen molar-refractivity contribution in [2.45, 2.75) is 25.7 Å². The molecule has 0 aromatic heterocycles. The van der Waals surface area contributed by atoms with Crippen molar-refractivity contribution >= 4 is 11.9 Å². The van der Waals surface area contributed by atoms with Crippen LogP contribution in [0.1, 0.15) is 25.7 Å². The van der Waals surface area contributed by atoms with Gasteiger partial charge in [-0.15, -0.1) is 0 Å². The molecule has 0 aromatic rings. The maximum absolute atomic E-state index is 12.0. The number of fused-ring (bicyclic) bond motifs is 3. The first-order valence-corrected chi connectivity index (χ1v) is 5.89. The Morgan fingerprint density at radius 1 is 1.35 bits per heavy atom. The van der Waals surface area contributed by atoms with E-state index in [0.29, 0.717) is 25.2 Å². The van der Waals surface area contributed by atoms with E-state index in [1.54, 1.807) is 0 Å². The van der Waals surface area contributed by atoms with E-state index in [1.165, 1.54) is 14.2 Å². The number of carbonyl (C=O) groups is 2. The quantitative estimate of drug-likeness (QED) is 0.542. The number of esters is 2. The molecule has 3 saturated carbocycles. The number of hydrogen-bond acceptors (Lipinski definition) is 4. The highest BCUT2D eigenvalue weighted by Gasteiger charge is 2.57. The molecule has 0 spiro atoms. The second-order valence-corrected chi connectivity index (χ2v) is 5.03. The van der Waals surface area contributed by atoms with E-state index in [1.807, 2.05) is 0 Å². The molecule has 17 heavy (non-hydrogen) atoms. The standard InChI is InChI=1S/C13H18O4/c1-8-7-13(12(15)17-3)5-4-9(8)6-10(13)11(14)16-2/h9-10H,1,4-7H2,2-3H3/t9-,10-,13+/m0/s1. The zero-order chi connectivity index (χ0) is 12.6. The Hall–Kier alpha value is -1.32. The van der Waals surface area contributed by atoms with Crippen LogP contribution in [0.4, 0.5) is 0 Å². The minimum atomic E-state index is -0.728. The summed E-state index contributed by atoms with van der Waals surface area (Å²) in [5.41, 5.74) is 0.343. The summed E-state index contributed by atoms with van der Waals surface area (Å²) in [6.45, 7) is 4.02. The Labute approximate surface area is 101 Å². The fourth-order valence-electron chi connectivity index (χ4n) is 3.35. The highest BCUT2D eigenvalue weighted by molar-refractivity contribution is 5.86. The Bertz CT molecular complexity index is 374. The molecule has 0 saturated heterocycles. The number of methoxy groups -OCH3 is 2. The van der Waals surface area contributed by atoms with E-state index in [9.17, 15) is 9.59 Å². The number of rotatable bonds is 2. The van der Waals surface area contributed by atoms with Crippen molar-refractivity contribution in [1.82, 2.24) is 0 Å². The van der Waals surface area contributed by atoms with Gasteiger partial charge in [0, 0.05) is 0 Å². The van der Waals surface area contributed by atoms with Crippen molar-refractivity contribution < 1.29 is 19.1 Å². The van der Waals surface area contributed by atoms with Crippen LogP contribution in [-0.4, -0.2) is 26.2 Å². The molecule has 0 unspecified atom stereocenters. The van der Waals surface area contributed by atoms with Crippen molar-refractivity contribution in [3.05, 3.63) is 12.2 Å². The summed E-state index contributed by atoms with van der Waals surface area (Å²) in [7, 11) is 2.74. The van der Waals surface area contributed by atoms with E-state index in [-0.39, 0.29) is 17.9 Å². The first-order valence-electron chi connectivity index (χ1n) is 5.89. The molecule has 0 amide bonds. The molecule has 3 atom stereocenters. The van der Waals surface area contributed by atoms with Gasteiger partial charge in [0.2, 0.25) is 0 Å². The van der Waals surface area contributed by atoms with Crippen LogP contribution in [0.3, 0.4) is 0 Å². The molecule has 0 heterocycles. The first-order chi connectivity index (χ1) is 8.05. The predicted molar refractivity (Wildman–Crippen MR) is 61.1 cm³/mol. The number of carbonyl (C=O) groups excluding carboxylic acids is 2. The van der Waals surface area contributed by atoms with E-state index in [0.717, 1.165) is 12.0 Å². The summed E-state index contributed by atoms with van der Waals surface area (Å²) in [5.74, 6) is -0.616. The van der Waals surface area contributed by atoms with Gasteiger partial charge in [-0.05, 0) is 31.6 Å². The second kappa shape index (κ2) is 4.17. The molecule has 0 radical (unpaired) electrons. The molecule has 3 aliphatic rings. The molecular formula is C13H18O4. The van der Waals surface area contributed by atoms with Gasteiger partial charge in [-0.2, -0.15) is 0 Å². The summed E-state index contributed by atoms with van der Waals surface area (Å²) in [4.78, 5) is 23.9. The second-order valence-electron chi connectivity index (χ2n) is 5.03. The van der Waals surface area contributed by atoms with Crippen molar-refractivity contribution in [3.63, 3.8) is 0 Å². The Morgan fingerprint density at radius 2 is 2.06 bits per heavy atom. The summed E-state index contributed by atoms with van der Waals surface area (Å²) < 4.78 is 9.71. The maximum Gasteiger partial charge on any atom is 0.313 e. The lowest BCUT2D eigenvalue weighted by atomic mass is 9.53. The lowest BCUT2D eigenvalue weighted by Gasteiger charge is -2.49. The summed E-state index contributed by atoms with van der Waals surface area (Å²) in [6, 6.07) is 0. The fourth-order valence-corrected chi connectivity index (χ4v) is 3.35. The normalized spacial score (nSPS) is 35.5. The molecular weight excluding hydrogens is 220 g/mol. The Morgan fingerprint density at radius 3 is 2.59 bits per heavy atom. The van der Waals surface area contributed by atoms with Crippen molar-refractivity contribution in [2.24, 2.45) is 17.3 Å². The van der Waals surface area contributed by atoms with E-state index >= 15 is 0 Å². The van der Waals surface area contributed by atoms with Crippen molar-refractivity contribution in [2.75, 3.05) is 14.2 Å². The highest BCUT2D eigenvalue weighted by atomic mass is 16.5. The molecule has 4 nitrogen and oxygen atoms in total. The van der Waals surface area contributed by atoms with Crippen LogP contribution >= 0.6 is 0 Å². The van der Waals surface area contributed by atoms with Crippen molar-refractivity contribution in [3.8, 4) is 0 Å². The average molecular weight is 238 g/mol. The fraction of sp³-hybridized carbons (Fsp3) is 0.692. The molecule has 0 aromatic carbocycles. The van der Waals surface area contributed by atoms with Gasteiger partial charge in [-0.25, -0.2) is 0 Å². The van der Waals surface area contributed by atoms with E-state index < -0.39 is 5.41 Å². The van der Waals surface area contributed by atoms with Gasteiger partial charge in [0.15, 0.2) is 0 Å². The molecule has 94 valence electrons. The zero-order valence-corrected chi connectivity index (χ0v) is 10.3. The van der Waals surface area contributed by atoms with Crippen LogP contribution in [0.25, 0.3) is 0 Å². The molecule has 3 rings (SSSR count). The van der Waals surface area contributed by atoms with Crippen LogP contribution < -0.4 is 0 Å². The Kier molecular flexibility index (Phi) is 2.98. The van der Waals surface area contributed by atoms with Crippen molar-refractivity contribution in [1.29, 1.82) is 0 Å². The third kappa shape index (κ3) is 1.66. The average Bonchev–Trinajstić information content (AvgIpc) is 2.37. The van der Waals surface area contributed by atoms with Gasteiger partial charge in [0.25, 0.3) is 0 Å². The van der Waals surface area contributed by atoms with Gasteiger partial charge in [-0.3, -0.25) is 9.59 Å².